The van der Waals surface area contributed by atoms with Crippen LogP contribution in [0.2, 0.25) is 0 Å². The van der Waals surface area contributed by atoms with E-state index in [9.17, 15) is 13.7 Å². The van der Waals surface area contributed by atoms with Crippen molar-refractivity contribution in [3.8, 4) is 6.07 Å². The lowest BCUT2D eigenvalue weighted by Gasteiger charge is -2.12. The molecule has 0 fully saturated rings. The van der Waals surface area contributed by atoms with Crippen molar-refractivity contribution in [3.05, 3.63) is 46.6 Å². The molecule has 6 nitrogen and oxygen atoms in total. The monoisotopic (exact) mass is 358 g/mol. The molecule has 0 aliphatic heterocycles. The molecule has 2 aromatic rings. The van der Waals surface area contributed by atoms with E-state index in [4.69, 9.17) is 0 Å². The quantitative estimate of drug-likeness (QED) is 0.817. The lowest BCUT2D eigenvalue weighted by Crippen LogP contribution is -2.07. The van der Waals surface area contributed by atoms with E-state index in [1.807, 2.05) is 38.1 Å². The Morgan fingerprint density at radius 3 is 2.32 bits per heavy atom. The van der Waals surface area contributed by atoms with Gasteiger partial charge in [-0.2, -0.15) is 10.4 Å². The molecule has 0 aliphatic carbocycles. The molecule has 0 atom stereocenters. The van der Waals surface area contributed by atoms with Crippen LogP contribution in [0.3, 0.4) is 0 Å². The lowest BCUT2D eigenvalue weighted by molar-refractivity contribution is 0.601. The van der Waals surface area contributed by atoms with Crippen LogP contribution in [0.4, 0.5) is 11.5 Å². The van der Waals surface area contributed by atoms with E-state index < -0.39 is 9.84 Å². The molecule has 0 saturated carbocycles. The van der Waals surface area contributed by atoms with Gasteiger partial charge in [-0.25, -0.2) is 8.42 Å². The summed E-state index contributed by atoms with van der Waals surface area (Å²) < 4.78 is 22.5. The van der Waals surface area contributed by atoms with E-state index in [2.05, 4.69) is 21.6 Å². The van der Waals surface area contributed by atoms with Gasteiger partial charge in [-0.15, -0.1) is 5.10 Å². The van der Waals surface area contributed by atoms with Gasteiger partial charge in [0.2, 0.25) is 0 Å². The first-order chi connectivity index (χ1) is 11.9. The standard InChI is InChI=1S/C18H22N4O2S/c1-4-15-16(12-19)18(22-21-17(15)5-2)20-14-8-6-13(7-9-14)10-11-25(3,23)24/h6-9H,4-5,10-11H2,1-3H3,(H,20,22). The van der Waals surface area contributed by atoms with Crippen LogP contribution in [0, 0.1) is 11.3 Å². The van der Waals surface area contributed by atoms with Gasteiger partial charge in [0.05, 0.1) is 11.4 Å². The molecule has 2 rings (SSSR count). The third-order valence-corrected chi connectivity index (χ3v) is 4.88. The summed E-state index contributed by atoms with van der Waals surface area (Å²) in [5.74, 6) is 0.572. The fraction of sp³-hybridized carbons (Fsp3) is 0.389. The molecule has 0 aliphatic rings. The number of nitrogens with zero attached hydrogens (tertiary/aromatic N) is 3. The van der Waals surface area contributed by atoms with Crippen LogP contribution in [0.25, 0.3) is 0 Å². The van der Waals surface area contributed by atoms with Crippen molar-refractivity contribution in [1.82, 2.24) is 10.2 Å². The smallest absolute Gasteiger partial charge is 0.171 e. The average Bonchev–Trinajstić information content (AvgIpc) is 2.59. The van der Waals surface area contributed by atoms with Gasteiger partial charge in [-0.1, -0.05) is 26.0 Å². The molecule has 7 heteroatoms. The minimum atomic E-state index is -2.97. The molecule has 25 heavy (non-hydrogen) atoms. The van der Waals surface area contributed by atoms with E-state index >= 15 is 0 Å². The van der Waals surface area contributed by atoms with E-state index in [0.29, 0.717) is 17.8 Å². The average molecular weight is 358 g/mol. The van der Waals surface area contributed by atoms with Crippen molar-refractivity contribution in [1.29, 1.82) is 5.26 Å². The summed E-state index contributed by atoms with van der Waals surface area (Å²) in [5.41, 5.74) is 4.02. The van der Waals surface area contributed by atoms with Gasteiger partial charge in [0, 0.05) is 11.9 Å². The summed E-state index contributed by atoms with van der Waals surface area (Å²) in [4.78, 5) is 0. The molecule has 0 bridgehead atoms. The number of aryl methyl sites for hydroxylation is 2. The van der Waals surface area contributed by atoms with E-state index in [-0.39, 0.29) is 5.75 Å². The normalized spacial score (nSPS) is 11.1. The molecule has 0 spiro atoms. The van der Waals surface area contributed by atoms with Crippen molar-refractivity contribution in [2.45, 2.75) is 33.1 Å². The van der Waals surface area contributed by atoms with Gasteiger partial charge in [0.15, 0.2) is 5.82 Å². The predicted octanol–water partition coefficient (Wildman–Crippen LogP) is 2.80. The lowest BCUT2D eigenvalue weighted by atomic mass is 10.0. The molecular weight excluding hydrogens is 336 g/mol. The topological polar surface area (TPSA) is 95.7 Å². The molecule has 1 aromatic heterocycles. The van der Waals surface area contributed by atoms with Crippen molar-refractivity contribution >= 4 is 21.3 Å². The van der Waals surface area contributed by atoms with E-state index in [0.717, 1.165) is 35.3 Å². The van der Waals surface area contributed by atoms with Crippen LogP contribution < -0.4 is 5.32 Å². The first-order valence-corrected chi connectivity index (χ1v) is 10.3. The Labute approximate surface area is 148 Å². The number of sulfone groups is 1. The second-order valence-corrected chi connectivity index (χ2v) is 8.13. The number of nitrogens with one attached hydrogen (secondary N) is 1. The van der Waals surface area contributed by atoms with Crippen LogP contribution in [0.5, 0.6) is 0 Å². The molecule has 132 valence electrons. The third kappa shape index (κ3) is 5.00. The van der Waals surface area contributed by atoms with Crippen molar-refractivity contribution in [3.63, 3.8) is 0 Å². The van der Waals surface area contributed by atoms with Crippen LogP contribution in [0.15, 0.2) is 24.3 Å². The van der Waals surface area contributed by atoms with Gasteiger partial charge < -0.3 is 5.32 Å². The van der Waals surface area contributed by atoms with Crippen molar-refractivity contribution in [2.24, 2.45) is 0 Å². The maximum atomic E-state index is 11.2. The first-order valence-electron chi connectivity index (χ1n) is 8.20. The summed E-state index contributed by atoms with van der Waals surface area (Å²) in [6, 6.07) is 9.66. The maximum Gasteiger partial charge on any atom is 0.171 e. The Balaban J connectivity index is 2.21. The predicted molar refractivity (Wildman–Crippen MR) is 98.6 cm³/mol. The highest BCUT2D eigenvalue weighted by Crippen LogP contribution is 2.23. The summed E-state index contributed by atoms with van der Waals surface area (Å²) in [5, 5.41) is 21.0. The third-order valence-electron chi connectivity index (χ3n) is 3.94. The zero-order valence-electron chi connectivity index (χ0n) is 14.7. The van der Waals surface area contributed by atoms with Crippen LogP contribution in [-0.2, 0) is 29.1 Å². The minimum absolute atomic E-state index is 0.127. The zero-order chi connectivity index (χ0) is 18.4. The van der Waals surface area contributed by atoms with Gasteiger partial charge in [-0.3, -0.25) is 0 Å². The molecule has 0 radical (unpaired) electrons. The summed E-state index contributed by atoms with van der Waals surface area (Å²) >= 11 is 0. The Morgan fingerprint density at radius 2 is 1.80 bits per heavy atom. The largest absolute Gasteiger partial charge is 0.338 e. The number of nitriles is 1. The van der Waals surface area contributed by atoms with Crippen LogP contribution in [0.1, 0.15) is 36.2 Å². The van der Waals surface area contributed by atoms with Crippen LogP contribution >= 0.6 is 0 Å². The zero-order valence-corrected chi connectivity index (χ0v) is 15.5. The Kier molecular flexibility index (Phi) is 6.10. The summed E-state index contributed by atoms with van der Waals surface area (Å²) in [6.07, 6.45) is 3.17. The van der Waals surface area contributed by atoms with E-state index in [1.165, 1.54) is 6.26 Å². The van der Waals surface area contributed by atoms with Crippen molar-refractivity contribution < 1.29 is 8.42 Å². The molecular formula is C18H22N4O2S. The number of anilines is 2. The Hall–Kier alpha value is -2.46. The van der Waals surface area contributed by atoms with E-state index in [1.54, 1.807) is 0 Å². The number of aromatic nitrogens is 2. The minimum Gasteiger partial charge on any atom is -0.338 e. The molecule has 1 heterocycles. The Morgan fingerprint density at radius 1 is 1.12 bits per heavy atom. The molecule has 1 aromatic carbocycles. The second kappa shape index (κ2) is 8.08. The Bertz CT molecular complexity index is 885. The molecule has 0 unspecified atom stereocenters. The fourth-order valence-corrected chi connectivity index (χ4v) is 3.18. The van der Waals surface area contributed by atoms with Crippen LogP contribution in [-0.4, -0.2) is 30.6 Å². The number of hydrogen-bond donors (Lipinski definition) is 1. The highest BCUT2D eigenvalue weighted by Gasteiger charge is 2.14. The second-order valence-electron chi connectivity index (χ2n) is 5.87. The highest BCUT2D eigenvalue weighted by molar-refractivity contribution is 7.90. The van der Waals surface area contributed by atoms with Gasteiger partial charge in [0.1, 0.15) is 21.5 Å². The summed E-state index contributed by atoms with van der Waals surface area (Å²) in [7, 11) is -2.97. The summed E-state index contributed by atoms with van der Waals surface area (Å²) in [6.45, 7) is 3.99. The SMILES string of the molecule is CCc1nnc(Nc2ccc(CCS(C)(=O)=O)cc2)c(C#N)c1CC. The number of rotatable bonds is 7. The van der Waals surface area contributed by atoms with Crippen molar-refractivity contribution in [2.75, 3.05) is 17.3 Å². The van der Waals surface area contributed by atoms with Gasteiger partial charge in [0.25, 0.3) is 0 Å². The molecule has 0 saturated heterocycles. The highest BCUT2D eigenvalue weighted by atomic mass is 32.2. The first kappa shape index (κ1) is 18.9. The fourth-order valence-electron chi connectivity index (χ4n) is 2.58. The van der Waals surface area contributed by atoms with Gasteiger partial charge >= 0.3 is 0 Å². The number of hydrogen-bond acceptors (Lipinski definition) is 6. The van der Waals surface area contributed by atoms with Gasteiger partial charge in [-0.05, 0) is 42.5 Å². The number of benzene rings is 1. The maximum absolute atomic E-state index is 11.2. The molecule has 0 amide bonds. The molecule has 1 N–H and O–H groups in total.